The minimum atomic E-state index is -0.0237. The molecule has 2 atom stereocenters. The molecule has 54 heavy (non-hydrogen) atoms. The Hall–Kier alpha value is -5.22. The zero-order valence-electron chi connectivity index (χ0n) is 33.0. The van der Waals surface area contributed by atoms with Gasteiger partial charge in [-0.05, 0) is 118 Å². The zero-order valence-corrected chi connectivity index (χ0v) is 33.0. The van der Waals surface area contributed by atoms with Crippen molar-refractivity contribution in [1.82, 2.24) is 0 Å². The molecule has 0 radical (unpaired) electrons. The topological polar surface area (TPSA) is 9.72 Å². The van der Waals surface area contributed by atoms with Gasteiger partial charge < -0.3 is 14.7 Å². The minimum Gasteiger partial charge on any atom is -0.334 e. The molecule has 4 heteroatoms. The third-order valence-electron chi connectivity index (χ3n) is 13.6. The van der Waals surface area contributed by atoms with Crippen LogP contribution in [-0.4, -0.2) is 12.3 Å². The van der Waals surface area contributed by atoms with Gasteiger partial charge in [0, 0.05) is 50.9 Å². The fraction of sp³-hybridized carbons (Fsp3) is 0.280. The van der Waals surface area contributed by atoms with Gasteiger partial charge in [-0.3, -0.25) is 0 Å². The van der Waals surface area contributed by atoms with Crippen molar-refractivity contribution in [3.05, 3.63) is 150 Å². The maximum atomic E-state index is 2.71. The first-order chi connectivity index (χ1) is 25.8. The second-order valence-electron chi connectivity index (χ2n) is 18.7. The number of anilines is 8. The van der Waals surface area contributed by atoms with E-state index in [0.29, 0.717) is 0 Å². The second-order valence-corrected chi connectivity index (χ2v) is 18.7. The minimum absolute atomic E-state index is 0.00163. The van der Waals surface area contributed by atoms with Crippen molar-refractivity contribution in [2.75, 3.05) is 14.7 Å². The summed E-state index contributed by atoms with van der Waals surface area (Å²) >= 11 is 0. The lowest BCUT2D eigenvalue weighted by Gasteiger charge is -2.56. The monoisotopic (exact) mass is 703 g/mol. The summed E-state index contributed by atoms with van der Waals surface area (Å²) in [6.07, 6.45) is 2.36. The third kappa shape index (κ3) is 4.49. The van der Waals surface area contributed by atoms with Gasteiger partial charge in [-0.1, -0.05) is 127 Å². The SMILES string of the molecule is CC(C)(C)c1cccc(N2c3cc(C(C)(C)C)ccc3B3c4ccccc4N(c4ccccc4)c4cc(N5c6ccccc6C6(C)CCC56C)cc2c43)c1. The van der Waals surface area contributed by atoms with Crippen molar-refractivity contribution in [1.29, 1.82) is 0 Å². The second kappa shape index (κ2) is 11.2. The predicted octanol–water partition coefficient (Wildman–Crippen LogP) is 11.3. The highest BCUT2D eigenvalue weighted by molar-refractivity contribution is 7.00. The number of rotatable bonds is 3. The van der Waals surface area contributed by atoms with E-state index in [0.717, 1.165) is 6.42 Å². The molecule has 3 heterocycles. The summed E-state index contributed by atoms with van der Waals surface area (Å²) in [6.45, 7) is 19.1. The van der Waals surface area contributed by atoms with Crippen LogP contribution in [0.4, 0.5) is 45.5 Å². The van der Waals surface area contributed by atoms with Crippen molar-refractivity contribution in [2.45, 2.75) is 90.0 Å². The summed E-state index contributed by atoms with van der Waals surface area (Å²) < 4.78 is 0. The van der Waals surface area contributed by atoms with Crippen LogP contribution >= 0.6 is 0 Å². The van der Waals surface area contributed by atoms with Gasteiger partial charge >= 0.3 is 0 Å². The molecular weight excluding hydrogens is 653 g/mol. The Morgan fingerprint density at radius 1 is 0.481 bits per heavy atom. The largest absolute Gasteiger partial charge is 0.334 e. The first-order valence-corrected chi connectivity index (χ1v) is 19.9. The lowest BCUT2D eigenvalue weighted by molar-refractivity contribution is 0.133. The van der Waals surface area contributed by atoms with Crippen LogP contribution in [0, 0.1) is 0 Å². The molecular formula is C50H50BN3. The lowest BCUT2D eigenvalue weighted by Crippen LogP contribution is -2.62. The van der Waals surface area contributed by atoms with Crippen molar-refractivity contribution < 1.29 is 0 Å². The number of hydrogen-bond acceptors (Lipinski definition) is 3. The van der Waals surface area contributed by atoms with Gasteiger partial charge in [-0.2, -0.15) is 0 Å². The molecule has 3 nitrogen and oxygen atoms in total. The Morgan fingerprint density at radius 3 is 1.76 bits per heavy atom. The number of benzene rings is 6. The van der Waals surface area contributed by atoms with E-state index < -0.39 is 0 Å². The standard InChI is InChI=1S/C50H50BN3/c1-47(2,3)33-17-16-20-36(29-33)53-43-30-34(48(4,5)6)25-26-40(43)51-39-22-13-15-24-42(39)52(35-18-10-9-11-19-35)44-31-37(32-45(53)46(44)51)54-41-23-14-12-21-38(41)49(7)27-28-50(49,54)8/h9-26,29-32H,27-28H2,1-8H3. The fourth-order valence-electron chi connectivity index (χ4n) is 10.2. The first kappa shape index (κ1) is 33.4. The van der Waals surface area contributed by atoms with Crippen LogP contribution in [0.25, 0.3) is 0 Å². The Bertz CT molecular complexity index is 2490. The van der Waals surface area contributed by atoms with Crippen LogP contribution in [0.3, 0.4) is 0 Å². The van der Waals surface area contributed by atoms with E-state index in [1.54, 1.807) is 0 Å². The lowest BCUT2D eigenvalue weighted by atomic mass is 9.33. The molecule has 268 valence electrons. The summed E-state index contributed by atoms with van der Waals surface area (Å²) in [4.78, 5) is 7.86. The van der Waals surface area contributed by atoms with Crippen molar-refractivity contribution in [2.24, 2.45) is 0 Å². The maximum Gasteiger partial charge on any atom is 0.252 e. The van der Waals surface area contributed by atoms with Gasteiger partial charge in [0.1, 0.15) is 0 Å². The summed E-state index contributed by atoms with van der Waals surface area (Å²) in [5.41, 5.74) is 18.4. The van der Waals surface area contributed by atoms with Crippen molar-refractivity contribution >= 4 is 68.6 Å². The highest BCUT2D eigenvalue weighted by Gasteiger charge is 2.63. The smallest absolute Gasteiger partial charge is 0.252 e. The first-order valence-electron chi connectivity index (χ1n) is 19.9. The third-order valence-corrected chi connectivity index (χ3v) is 13.6. The molecule has 0 bridgehead atoms. The molecule has 10 rings (SSSR count). The number of para-hydroxylation sites is 3. The van der Waals surface area contributed by atoms with Gasteiger partial charge in [-0.25, -0.2) is 0 Å². The molecule has 1 fully saturated rings. The van der Waals surface area contributed by atoms with E-state index in [9.17, 15) is 0 Å². The van der Waals surface area contributed by atoms with Crippen LogP contribution in [0.15, 0.2) is 133 Å². The number of hydrogen-bond donors (Lipinski definition) is 0. The van der Waals surface area contributed by atoms with Crippen LogP contribution < -0.4 is 31.1 Å². The Morgan fingerprint density at radius 2 is 1.07 bits per heavy atom. The van der Waals surface area contributed by atoms with Crippen LogP contribution in [0.1, 0.15) is 84.9 Å². The van der Waals surface area contributed by atoms with Crippen molar-refractivity contribution in [3.63, 3.8) is 0 Å². The van der Waals surface area contributed by atoms with Gasteiger partial charge in [0.25, 0.3) is 6.71 Å². The number of nitrogens with zero attached hydrogens (tertiary/aromatic N) is 3. The molecule has 0 aromatic heterocycles. The molecule has 0 spiro atoms. The van der Waals surface area contributed by atoms with E-state index in [-0.39, 0.29) is 28.5 Å². The fourth-order valence-corrected chi connectivity index (χ4v) is 10.2. The molecule has 1 saturated carbocycles. The molecule has 0 saturated heterocycles. The van der Waals surface area contributed by atoms with Crippen LogP contribution in [0.2, 0.25) is 0 Å². The van der Waals surface area contributed by atoms with Gasteiger partial charge in [-0.15, -0.1) is 0 Å². The molecule has 0 N–H and O–H groups in total. The van der Waals surface area contributed by atoms with E-state index in [1.807, 2.05) is 0 Å². The summed E-state index contributed by atoms with van der Waals surface area (Å²) in [5.74, 6) is 0. The zero-order chi connectivity index (χ0) is 37.4. The van der Waals surface area contributed by atoms with E-state index in [2.05, 4.69) is 204 Å². The number of fused-ring (bicyclic) bond motifs is 7. The molecule has 2 unspecified atom stereocenters. The van der Waals surface area contributed by atoms with E-state index in [1.165, 1.54) is 85.0 Å². The molecule has 3 aliphatic heterocycles. The average molecular weight is 704 g/mol. The molecule has 1 aliphatic carbocycles. The predicted molar refractivity (Wildman–Crippen MR) is 231 cm³/mol. The normalized spacial score (nSPS) is 20.8. The maximum absolute atomic E-state index is 2.71. The molecule has 0 amide bonds. The Balaban J connectivity index is 1.33. The van der Waals surface area contributed by atoms with E-state index in [4.69, 9.17) is 0 Å². The van der Waals surface area contributed by atoms with Gasteiger partial charge in [0.05, 0.1) is 5.54 Å². The summed E-state index contributed by atoms with van der Waals surface area (Å²) in [6, 6.07) is 51.0. The molecule has 6 aromatic rings. The summed E-state index contributed by atoms with van der Waals surface area (Å²) in [7, 11) is 0. The average Bonchev–Trinajstić information content (AvgIpc) is 3.29. The van der Waals surface area contributed by atoms with Crippen LogP contribution in [-0.2, 0) is 16.2 Å². The highest BCUT2D eigenvalue weighted by Crippen LogP contribution is 2.65. The van der Waals surface area contributed by atoms with Crippen molar-refractivity contribution in [3.8, 4) is 0 Å². The Kier molecular flexibility index (Phi) is 6.90. The Labute approximate surface area is 322 Å². The molecule has 4 aliphatic rings. The highest BCUT2D eigenvalue weighted by atomic mass is 15.3. The molecule has 6 aromatic carbocycles. The summed E-state index contributed by atoms with van der Waals surface area (Å²) in [5, 5.41) is 0. The van der Waals surface area contributed by atoms with Crippen LogP contribution in [0.5, 0.6) is 0 Å². The van der Waals surface area contributed by atoms with Gasteiger partial charge in [0.15, 0.2) is 0 Å². The van der Waals surface area contributed by atoms with Gasteiger partial charge in [0.2, 0.25) is 0 Å². The van der Waals surface area contributed by atoms with E-state index >= 15 is 0 Å². The quantitative estimate of drug-likeness (QED) is 0.170.